The summed E-state index contributed by atoms with van der Waals surface area (Å²) in [5.41, 5.74) is 1.92. The van der Waals surface area contributed by atoms with Crippen LogP contribution in [0.2, 0.25) is 5.02 Å². The van der Waals surface area contributed by atoms with Crippen molar-refractivity contribution in [2.75, 3.05) is 18.4 Å². The molecule has 21 heavy (non-hydrogen) atoms. The van der Waals surface area contributed by atoms with E-state index in [1.54, 1.807) is 6.07 Å². The van der Waals surface area contributed by atoms with E-state index in [0.717, 1.165) is 13.1 Å². The number of nitrogens with one attached hydrogen (secondary N) is 2. The van der Waals surface area contributed by atoms with Crippen molar-refractivity contribution in [3.8, 4) is 0 Å². The van der Waals surface area contributed by atoms with E-state index in [1.807, 2.05) is 18.2 Å². The van der Waals surface area contributed by atoms with E-state index in [2.05, 4.69) is 22.8 Å². The quantitative estimate of drug-likeness (QED) is 0.467. The van der Waals surface area contributed by atoms with Crippen LogP contribution in [0.25, 0.3) is 0 Å². The highest BCUT2D eigenvalue weighted by atomic mass is 35.5. The summed E-state index contributed by atoms with van der Waals surface area (Å²) in [6, 6.07) is 14.5. The Morgan fingerprint density at radius 2 is 1.86 bits per heavy atom. The van der Waals surface area contributed by atoms with Crippen molar-refractivity contribution in [3.63, 3.8) is 0 Å². The highest BCUT2D eigenvalue weighted by molar-refractivity contribution is 6.33. The summed E-state index contributed by atoms with van der Waals surface area (Å²) in [7, 11) is 0. The van der Waals surface area contributed by atoms with E-state index in [9.17, 15) is 10.1 Å². The largest absolute Gasteiger partial charge is 0.383 e. The maximum Gasteiger partial charge on any atom is 0.271 e. The van der Waals surface area contributed by atoms with Crippen LogP contribution in [0.5, 0.6) is 0 Å². The Kier molecular flexibility index (Phi) is 5.54. The molecule has 110 valence electrons. The molecule has 0 heterocycles. The number of hydrogen-bond donors (Lipinski definition) is 2. The molecular formula is C15H16ClN3O2. The lowest BCUT2D eigenvalue weighted by Crippen LogP contribution is -2.21. The van der Waals surface area contributed by atoms with Crippen LogP contribution in [0, 0.1) is 10.1 Å². The van der Waals surface area contributed by atoms with Crippen molar-refractivity contribution in [3.05, 3.63) is 69.2 Å². The van der Waals surface area contributed by atoms with Crippen LogP contribution < -0.4 is 10.6 Å². The van der Waals surface area contributed by atoms with Gasteiger partial charge in [-0.2, -0.15) is 0 Å². The van der Waals surface area contributed by atoms with E-state index in [1.165, 1.54) is 17.7 Å². The summed E-state index contributed by atoms with van der Waals surface area (Å²) in [6.45, 7) is 2.25. The SMILES string of the molecule is O=[N+]([O-])c1ccc(NCCNCc2ccccc2)c(Cl)c1. The van der Waals surface area contributed by atoms with Crippen molar-refractivity contribution in [2.24, 2.45) is 0 Å². The number of benzene rings is 2. The Balaban J connectivity index is 1.75. The Hall–Kier alpha value is -2.11. The third-order valence-electron chi connectivity index (χ3n) is 2.95. The molecule has 0 amide bonds. The second-order valence-corrected chi connectivity index (χ2v) is 4.92. The molecule has 6 heteroatoms. The monoisotopic (exact) mass is 305 g/mol. The average Bonchev–Trinajstić information content (AvgIpc) is 2.49. The fourth-order valence-electron chi connectivity index (χ4n) is 1.88. The highest BCUT2D eigenvalue weighted by Crippen LogP contribution is 2.26. The van der Waals surface area contributed by atoms with Crippen molar-refractivity contribution in [2.45, 2.75) is 6.54 Å². The normalized spacial score (nSPS) is 10.3. The maximum absolute atomic E-state index is 10.6. The lowest BCUT2D eigenvalue weighted by molar-refractivity contribution is -0.384. The maximum atomic E-state index is 10.6. The molecule has 2 aromatic carbocycles. The first-order valence-corrected chi connectivity index (χ1v) is 6.97. The van der Waals surface area contributed by atoms with Crippen molar-refractivity contribution in [1.82, 2.24) is 5.32 Å². The highest BCUT2D eigenvalue weighted by Gasteiger charge is 2.08. The number of non-ortho nitro benzene ring substituents is 1. The molecule has 0 saturated carbocycles. The van der Waals surface area contributed by atoms with Gasteiger partial charge >= 0.3 is 0 Å². The topological polar surface area (TPSA) is 67.2 Å². The van der Waals surface area contributed by atoms with Crippen LogP contribution in [-0.2, 0) is 6.54 Å². The number of rotatable bonds is 7. The fraction of sp³-hybridized carbons (Fsp3) is 0.200. The van der Waals surface area contributed by atoms with Crippen LogP contribution in [0.1, 0.15) is 5.56 Å². The van der Waals surface area contributed by atoms with E-state index in [0.29, 0.717) is 17.3 Å². The second-order valence-electron chi connectivity index (χ2n) is 4.51. The third-order valence-corrected chi connectivity index (χ3v) is 3.27. The standard InChI is InChI=1S/C15H16ClN3O2/c16-14-10-13(19(20)21)6-7-15(14)18-9-8-17-11-12-4-2-1-3-5-12/h1-7,10,17-18H,8-9,11H2. The summed E-state index contributed by atoms with van der Waals surface area (Å²) in [5.74, 6) is 0. The Morgan fingerprint density at radius 3 is 2.52 bits per heavy atom. The molecule has 0 fully saturated rings. The van der Waals surface area contributed by atoms with Gasteiger partial charge in [0.2, 0.25) is 0 Å². The summed E-state index contributed by atoms with van der Waals surface area (Å²) in [5, 5.41) is 17.4. The van der Waals surface area contributed by atoms with Gasteiger partial charge in [0, 0.05) is 31.8 Å². The summed E-state index contributed by atoms with van der Waals surface area (Å²) < 4.78 is 0. The molecule has 0 saturated heterocycles. The van der Waals surface area contributed by atoms with E-state index in [4.69, 9.17) is 11.6 Å². The average molecular weight is 306 g/mol. The summed E-state index contributed by atoms with van der Waals surface area (Å²) in [4.78, 5) is 10.2. The van der Waals surface area contributed by atoms with Crippen molar-refractivity contribution < 1.29 is 4.92 Å². The van der Waals surface area contributed by atoms with Crippen LogP contribution in [-0.4, -0.2) is 18.0 Å². The number of hydrogen-bond acceptors (Lipinski definition) is 4. The number of nitro groups is 1. The van der Waals surface area contributed by atoms with Crippen LogP contribution >= 0.6 is 11.6 Å². The van der Waals surface area contributed by atoms with Gasteiger partial charge < -0.3 is 10.6 Å². The number of anilines is 1. The van der Waals surface area contributed by atoms with Crippen LogP contribution in [0.15, 0.2) is 48.5 Å². The first-order chi connectivity index (χ1) is 10.2. The first kappa shape index (κ1) is 15.3. The van der Waals surface area contributed by atoms with E-state index < -0.39 is 4.92 Å². The molecular weight excluding hydrogens is 290 g/mol. The molecule has 0 aliphatic carbocycles. The zero-order valence-electron chi connectivity index (χ0n) is 11.4. The minimum absolute atomic E-state index is 0.00671. The molecule has 2 rings (SSSR count). The van der Waals surface area contributed by atoms with Gasteiger partial charge in [0.1, 0.15) is 0 Å². The zero-order chi connectivity index (χ0) is 15.1. The molecule has 0 unspecified atom stereocenters. The van der Waals surface area contributed by atoms with Crippen LogP contribution in [0.3, 0.4) is 0 Å². The molecule has 0 bridgehead atoms. The molecule has 0 spiro atoms. The predicted molar refractivity (Wildman–Crippen MR) is 84.7 cm³/mol. The Morgan fingerprint density at radius 1 is 1.10 bits per heavy atom. The van der Waals surface area contributed by atoms with Gasteiger partial charge in [-0.1, -0.05) is 41.9 Å². The van der Waals surface area contributed by atoms with E-state index in [-0.39, 0.29) is 5.69 Å². The summed E-state index contributed by atoms with van der Waals surface area (Å²) >= 11 is 5.99. The van der Waals surface area contributed by atoms with Gasteiger partial charge in [-0.3, -0.25) is 10.1 Å². The summed E-state index contributed by atoms with van der Waals surface area (Å²) in [6.07, 6.45) is 0. The molecule has 0 aromatic heterocycles. The number of nitrogens with zero attached hydrogens (tertiary/aromatic N) is 1. The minimum atomic E-state index is -0.461. The van der Waals surface area contributed by atoms with Gasteiger partial charge in [-0.25, -0.2) is 0 Å². The molecule has 0 aliphatic heterocycles. The van der Waals surface area contributed by atoms with Gasteiger partial charge in [0.15, 0.2) is 0 Å². The molecule has 2 aromatic rings. The first-order valence-electron chi connectivity index (χ1n) is 6.59. The second kappa shape index (κ2) is 7.61. The smallest absolute Gasteiger partial charge is 0.271 e. The predicted octanol–water partition coefficient (Wildman–Crippen LogP) is 3.45. The lowest BCUT2D eigenvalue weighted by atomic mass is 10.2. The van der Waals surface area contributed by atoms with Crippen molar-refractivity contribution in [1.29, 1.82) is 0 Å². The van der Waals surface area contributed by atoms with Crippen molar-refractivity contribution >= 4 is 23.0 Å². The number of halogens is 1. The third kappa shape index (κ3) is 4.73. The van der Waals surface area contributed by atoms with Gasteiger partial charge in [0.05, 0.1) is 15.6 Å². The fourth-order valence-corrected chi connectivity index (χ4v) is 2.12. The number of nitro benzene ring substituents is 1. The Labute approximate surface area is 128 Å². The lowest BCUT2D eigenvalue weighted by Gasteiger charge is -2.09. The van der Waals surface area contributed by atoms with Crippen LogP contribution in [0.4, 0.5) is 11.4 Å². The van der Waals surface area contributed by atoms with E-state index >= 15 is 0 Å². The zero-order valence-corrected chi connectivity index (χ0v) is 12.1. The Bertz CT molecular complexity index is 605. The van der Waals surface area contributed by atoms with Gasteiger partial charge in [-0.15, -0.1) is 0 Å². The van der Waals surface area contributed by atoms with Gasteiger partial charge in [0.25, 0.3) is 5.69 Å². The molecule has 0 aliphatic rings. The molecule has 0 radical (unpaired) electrons. The minimum Gasteiger partial charge on any atom is -0.383 e. The molecule has 2 N–H and O–H groups in total. The van der Waals surface area contributed by atoms with Gasteiger partial charge in [-0.05, 0) is 11.6 Å². The molecule has 5 nitrogen and oxygen atoms in total. The molecule has 0 atom stereocenters.